The molecule has 2 rings (SSSR count). The SMILES string of the molecule is CCc1cnc(CNC(=O)C[C@@H]2CCC[C@H]2N)s1.Cl.Cl. The second kappa shape index (κ2) is 9.55. The Morgan fingerprint density at radius 1 is 1.50 bits per heavy atom. The average molecular weight is 340 g/mol. The Labute approximate surface area is 136 Å². The van der Waals surface area contributed by atoms with Gasteiger partial charge in [0.05, 0.1) is 6.54 Å². The van der Waals surface area contributed by atoms with Gasteiger partial charge in [-0.1, -0.05) is 13.3 Å². The quantitative estimate of drug-likeness (QED) is 0.866. The Morgan fingerprint density at radius 2 is 2.25 bits per heavy atom. The van der Waals surface area contributed by atoms with Crippen LogP contribution in [0.15, 0.2) is 6.20 Å². The lowest BCUT2D eigenvalue weighted by Crippen LogP contribution is -2.31. The standard InChI is InChI=1S/C13H21N3OS.2ClH/c1-2-10-7-16-13(18-10)8-15-12(17)6-9-4-3-5-11(9)14;;/h7,9,11H,2-6,8,14H2,1H3,(H,15,17);2*1H/t9-,11+;;/m0../s1. The molecule has 0 bridgehead atoms. The van der Waals surface area contributed by atoms with Crippen molar-refractivity contribution in [2.24, 2.45) is 11.7 Å². The van der Waals surface area contributed by atoms with Crippen LogP contribution in [0.25, 0.3) is 0 Å². The molecule has 0 radical (unpaired) electrons. The highest BCUT2D eigenvalue weighted by atomic mass is 35.5. The fraction of sp³-hybridized carbons (Fsp3) is 0.692. The molecule has 0 aromatic carbocycles. The summed E-state index contributed by atoms with van der Waals surface area (Å²) in [4.78, 5) is 17.4. The predicted octanol–water partition coefficient (Wildman–Crippen LogP) is 2.68. The van der Waals surface area contributed by atoms with Crippen molar-refractivity contribution in [3.8, 4) is 0 Å². The van der Waals surface area contributed by atoms with E-state index >= 15 is 0 Å². The third kappa shape index (κ3) is 5.56. The normalized spacial score (nSPS) is 20.9. The van der Waals surface area contributed by atoms with E-state index in [1.807, 2.05) is 6.20 Å². The molecule has 0 unspecified atom stereocenters. The molecule has 1 fully saturated rings. The van der Waals surface area contributed by atoms with Gasteiger partial charge in [0.15, 0.2) is 0 Å². The number of nitrogens with zero attached hydrogens (tertiary/aromatic N) is 1. The maximum Gasteiger partial charge on any atom is 0.220 e. The van der Waals surface area contributed by atoms with Gasteiger partial charge in [-0.05, 0) is 25.2 Å². The van der Waals surface area contributed by atoms with Crippen LogP contribution < -0.4 is 11.1 Å². The van der Waals surface area contributed by atoms with E-state index in [1.54, 1.807) is 11.3 Å². The van der Waals surface area contributed by atoms with Gasteiger partial charge in [-0.3, -0.25) is 4.79 Å². The number of aryl methyl sites for hydroxylation is 1. The summed E-state index contributed by atoms with van der Waals surface area (Å²) in [6, 6.07) is 0.210. The number of hydrogen-bond acceptors (Lipinski definition) is 4. The van der Waals surface area contributed by atoms with Crippen molar-refractivity contribution in [1.82, 2.24) is 10.3 Å². The molecule has 116 valence electrons. The van der Waals surface area contributed by atoms with E-state index in [0.29, 0.717) is 18.9 Å². The summed E-state index contributed by atoms with van der Waals surface area (Å²) in [5.41, 5.74) is 5.97. The van der Waals surface area contributed by atoms with Crippen molar-refractivity contribution in [3.05, 3.63) is 16.1 Å². The Balaban J connectivity index is 0.00000180. The molecular formula is C13H23Cl2N3OS. The monoisotopic (exact) mass is 339 g/mol. The Kier molecular flexibility index (Phi) is 9.38. The second-order valence-corrected chi connectivity index (χ2v) is 6.11. The maximum absolute atomic E-state index is 11.8. The van der Waals surface area contributed by atoms with E-state index < -0.39 is 0 Å². The summed E-state index contributed by atoms with van der Waals surface area (Å²) in [5.74, 6) is 0.470. The summed E-state index contributed by atoms with van der Waals surface area (Å²) in [6.07, 6.45) is 6.76. The van der Waals surface area contributed by atoms with Crippen LogP contribution in [-0.2, 0) is 17.8 Å². The van der Waals surface area contributed by atoms with Crippen LogP contribution in [0.2, 0.25) is 0 Å². The molecule has 0 saturated heterocycles. The van der Waals surface area contributed by atoms with Gasteiger partial charge < -0.3 is 11.1 Å². The minimum Gasteiger partial charge on any atom is -0.350 e. The van der Waals surface area contributed by atoms with Crippen molar-refractivity contribution in [2.45, 2.75) is 51.6 Å². The number of hydrogen-bond donors (Lipinski definition) is 2. The van der Waals surface area contributed by atoms with Crippen molar-refractivity contribution >= 4 is 42.1 Å². The Bertz CT molecular complexity index is 414. The number of nitrogens with two attached hydrogens (primary N) is 1. The van der Waals surface area contributed by atoms with Crippen LogP contribution >= 0.6 is 36.2 Å². The van der Waals surface area contributed by atoms with E-state index in [4.69, 9.17) is 5.73 Å². The minimum absolute atomic E-state index is 0. The number of thiazole rings is 1. The van der Waals surface area contributed by atoms with Gasteiger partial charge in [-0.2, -0.15) is 0 Å². The zero-order valence-electron chi connectivity index (χ0n) is 11.6. The highest BCUT2D eigenvalue weighted by molar-refractivity contribution is 7.11. The first-order valence-corrected chi connectivity index (χ1v) is 7.46. The van der Waals surface area contributed by atoms with Gasteiger partial charge in [0.2, 0.25) is 5.91 Å². The van der Waals surface area contributed by atoms with Crippen molar-refractivity contribution < 1.29 is 4.79 Å². The van der Waals surface area contributed by atoms with E-state index in [-0.39, 0.29) is 36.8 Å². The zero-order valence-corrected chi connectivity index (χ0v) is 14.1. The largest absolute Gasteiger partial charge is 0.350 e. The molecule has 0 spiro atoms. The number of carbonyl (C=O) groups is 1. The average Bonchev–Trinajstić information content (AvgIpc) is 2.97. The van der Waals surface area contributed by atoms with Gasteiger partial charge in [0, 0.05) is 23.5 Å². The fourth-order valence-corrected chi connectivity index (χ4v) is 3.20. The molecule has 1 aliphatic carbocycles. The number of rotatable bonds is 5. The topological polar surface area (TPSA) is 68.0 Å². The van der Waals surface area contributed by atoms with Crippen LogP contribution in [0.3, 0.4) is 0 Å². The van der Waals surface area contributed by atoms with E-state index in [9.17, 15) is 4.79 Å². The molecule has 1 aliphatic rings. The first kappa shape index (κ1) is 19.6. The second-order valence-electron chi connectivity index (χ2n) is 4.91. The first-order valence-electron chi connectivity index (χ1n) is 6.65. The molecule has 1 amide bonds. The predicted molar refractivity (Wildman–Crippen MR) is 87.8 cm³/mol. The number of carbonyl (C=O) groups excluding carboxylic acids is 1. The Hall–Kier alpha value is -0.360. The van der Waals surface area contributed by atoms with Gasteiger partial charge in [0.1, 0.15) is 5.01 Å². The molecule has 3 N–H and O–H groups in total. The maximum atomic E-state index is 11.8. The van der Waals surface area contributed by atoms with Gasteiger partial charge in [-0.25, -0.2) is 4.98 Å². The van der Waals surface area contributed by atoms with Crippen LogP contribution in [0, 0.1) is 5.92 Å². The van der Waals surface area contributed by atoms with E-state index in [2.05, 4.69) is 17.2 Å². The summed E-state index contributed by atoms with van der Waals surface area (Å²) in [7, 11) is 0. The molecule has 1 aromatic heterocycles. The van der Waals surface area contributed by atoms with Crippen molar-refractivity contribution in [3.63, 3.8) is 0 Å². The molecule has 2 atom stereocenters. The number of nitrogens with one attached hydrogen (secondary N) is 1. The summed E-state index contributed by atoms with van der Waals surface area (Å²) >= 11 is 1.67. The van der Waals surface area contributed by atoms with Gasteiger partial charge in [0.25, 0.3) is 0 Å². The fourth-order valence-electron chi connectivity index (χ4n) is 2.40. The molecule has 7 heteroatoms. The van der Waals surface area contributed by atoms with Crippen LogP contribution in [0.4, 0.5) is 0 Å². The van der Waals surface area contributed by atoms with Gasteiger partial charge >= 0.3 is 0 Å². The van der Waals surface area contributed by atoms with Crippen molar-refractivity contribution in [2.75, 3.05) is 0 Å². The number of amides is 1. The lowest BCUT2D eigenvalue weighted by atomic mass is 10.00. The van der Waals surface area contributed by atoms with Crippen LogP contribution in [-0.4, -0.2) is 16.9 Å². The number of aromatic nitrogens is 1. The molecule has 1 heterocycles. The third-order valence-electron chi connectivity index (χ3n) is 3.55. The summed E-state index contributed by atoms with van der Waals surface area (Å²) < 4.78 is 0. The summed E-state index contributed by atoms with van der Waals surface area (Å²) in [5, 5.41) is 3.92. The Morgan fingerprint density at radius 3 is 2.80 bits per heavy atom. The molecule has 1 saturated carbocycles. The lowest BCUT2D eigenvalue weighted by Gasteiger charge is -2.14. The summed E-state index contributed by atoms with van der Waals surface area (Å²) in [6.45, 7) is 2.66. The van der Waals surface area contributed by atoms with Gasteiger partial charge in [-0.15, -0.1) is 36.2 Å². The number of halogens is 2. The molecule has 1 aromatic rings. The third-order valence-corrected chi connectivity index (χ3v) is 4.69. The minimum atomic E-state index is 0. The van der Waals surface area contributed by atoms with Crippen LogP contribution in [0.1, 0.15) is 42.5 Å². The lowest BCUT2D eigenvalue weighted by molar-refractivity contribution is -0.122. The molecular weight excluding hydrogens is 317 g/mol. The highest BCUT2D eigenvalue weighted by Gasteiger charge is 2.25. The first-order chi connectivity index (χ1) is 8.69. The van der Waals surface area contributed by atoms with E-state index in [0.717, 1.165) is 30.7 Å². The molecule has 4 nitrogen and oxygen atoms in total. The highest BCUT2D eigenvalue weighted by Crippen LogP contribution is 2.26. The van der Waals surface area contributed by atoms with E-state index in [1.165, 1.54) is 4.88 Å². The smallest absolute Gasteiger partial charge is 0.220 e. The molecule has 20 heavy (non-hydrogen) atoms. The zero-order chi connectivity index (χ0) is 13.0. The van der Waals surface area contributed by atoms with Crippen molar-refractivity contribution in [1.29, 1.82) is 0 Å². The molecule has 0 aliphatic heterocycles. The van der Waals surface area contributed by atoms with Crippen LogP contribution in [0.5, 0.6) is 0 Å².